The third kappa shape index (κ3) is 5.85. The minimum atomic E-state index is -1.15. The Bertz CT molecular complexity index is 1260. The molecule has 4 rings (SSSR count). The number of amides is 3. The van der Waals surface area contributed by atoms with Crippen molar-refractivity contribution < 1.29 is 38.9 Å². The minimum Gasteiger partial charge on any atom is -0.484 e. The Morgan fingerprint density at radius 1 is 1.05 bits per heavy atom. The summed E-state index contributed by atoms with van der Waals surface area (Å²) in [5, 5.41) is 23.6. The number of piperidine rings is 1. The van der Waals surface area contributed by atoms with Gasteiger partial charge in [-0.25, -0.2) is 4.79 Å². The molecule has 2 aliphatic heterocycles. The first kappa shape index (κ1) is 27.6. The fourth-order valence-electron chi connectivity index (χ4n) is 5.06. The van der Waals surface area contributed by atoms with Crippen LogP contribution in [0.4, 0.5) is 5.69 Å². The zero-order valence-corrected chi connectivity index (χ0v) is 21.4. The molecule has 2 heterocycles. The van der Waals surface area contributed by atoms with Crippen molar-refractivity contribution in [1.29, 1.82) is 0 Å². The van der Waals surface area contributed by atoms with E-state index in [0.717, 1.165) is 23.6 Å². The summed E-state index contributed by atoms with van der Waals surface area (Å²) in [7, 11) is 1.33. The van der Waals surface area contributed by atoms with Gasteiger partial charge in [0.15, 0.2) is 6.61 Å². The van der Waals surface area contributed by atoms with Crippen molar-refractivity contribution in [3.63, 3.8) is 0 Å². The fourth-order valence-corrected chi connectivity index (χ4v) is 5.06. The van der Waals surface area contributed by atoms with E-state index in [9.17, 15) is 29.1 Å². The predicted molar refractivity (Wildman–Crippen MR) is 138 cm³/mol. The van der Waals surface area contributed by atoms with Gasteiger partial charge in [0.05, 0.1) is 23.6 Å². The van der Waals surface area contributed by atoms with Crippen molar-refractivity contribution in [2.45, 2.75) is 18.9 Å². The standard InChI is InChI=1S/C27H30N4O8/c1-30(15-23(34)35)22(33)14-29-21(32)16-39-20-8-4-17(5-9-20)24-27(10-12-28-13-11-27)26(38)31(24)19-6-2-18(3-7-19)25(36)37/h2-9,24,28H,10-16H2,1H3,(H,29,32)(H,34,35)(H,36,37). The molecule has 2 fully saturated rings. The van der Waals surface area contributed by atoms with Gasteiger partial charge in [-0.15, -0.1) is 0 Å². The summed E-state index contributed by atoms with van der Waals surface area (Å²) < 4.78 is 5.54. The molecule has 0 aliphatic carbocycles. The Kier molecular flexibility index (Phi) is 8.15. The lowest BCUT2D eigenvalue weighted by Gasteiger charge is -2.58. The summed E-state index contributed by atoms with van der Waals surface area (Å²) in [6.45, 7) is 0.292. The molecule has 12 heteroatoms. The molecule has 4 N–H and O–H groups in total. The second kappa shape index (κ2) is 11.5. The molecular formula is C27H30N4O8. The molecule has 1 unspecified atom stereocenters. The number of anilines is 1. The molecule has 0 radical (unpaired) electrons. The van der Waals surface area contributed by atoms with Crippen LogP contribution in [0.3, 0.4) is 0 Å². The third-order valence-electron chi connectivity index (χ3n) is 7.12. The molecule has 0 saturated carbocycles. The topological polar surface area (TPSA) is 166 Å². The van der Waals surface area contributed by atoms with Gasteiger partial charge in [0.1, 0.15) is 12.3 Å². The molecule has 2 aliphatic rings. The van der Waals surface area contributed by atoms with Crippen molar-refractivity contribution in [3.05, 3.63) is 59.7 Å². The first-order chi connectivity index (χ1) is 18.6. The van der Waals surface area contributed by atoms with Gasteiger partial charge in [-0.05, 0) is 67.9 Å². The number of carboxylic acids is 2. The van der Waals surface area contributed by atoms with E-state index in [-0.39, 0.29) is 30.7 Å². The summed E-state index contributed by atoms with van der Waals surface area (Å²) in [6, 6.07) is 13.1. The van der Waals surface area contributed by atoms with E-state index in [4.69, 9.17) is 9.84 Å². The van der Waals surface area contributed by atoms with Crippen molar-refractivity contribution in [1.82, 2.24) is 15.5 Å². The molecule has 39 heavy (non-hydrogen) atoms. The zero-order valence-electron chi connectivity index (χ0n) is 21.4. The number of benzene rings is 2. The van der Waals surface area contributed by atoms with Gasteiger partial charge in [-0.2, -0.15) is 0 Å². The summed E-state index contributed by atoms with van der Waals surface area (Å²) in [5.74, 6) is -2.84. The highest BCUT2D eigenvalue weighted by atomic mass is 16.5. The number of carboxylic acid groups (broad SMARTS) is 2. The Hall–Kier alpha value is -4.45. The van der Waals surface area contributed by atoms with Crippen LogP contribution in [-0.4, -0.2) is 84.6 Å². The van der Waals surface area contributed by atoms with Gasteiger partial charge in [0.2, 0.25) is 11.8 Å². The number of ether oxygens (including phenoxy) is 1. The van der Waals surface area contributed by atoms with Crippen LogP contribution in [0.25, 0.3) is 0 Å². The van der Waals surface area contributed by atoms with Crippen molar-refractivity contribution >= 4 is 35.3 Å². The Balaban J connectivity index is 1.42. The summed E-state index contributed by atoms with van der Waals surface area (Å²) >= 11 is 0. The predicted octanol–water partition coefficient (Wildman–Crippen LogP) is 0.881. The number of hydrogen-bond donors (Lipinski definition) is 4. The smallest absolute Gasteiger partial charge is 0.335 e. The lowest BCUT2D eigenvalue weighted by Crippen LogP contribution is -2.66. The number of carbonyl (C=O) groups excluding carboxylic acids is 3. The van der Waals surface area contributed by atoms with E-state index in [1.54, 1.807) is 29.2 Å². The van der Waals surface area contributed by atoms with Crippen LogP contribution in [0.15, 0.2) is 48.5 Å². The maximum Gasteiger partial charge on any atom is 0.335 e. The van der Waals surface area contributed by atoms with Crippen LogP contribution in [0.1, 0.15) is 34.8 Å². The average molecular weight is 539 g/mol. The Morgan fingerprint density at radius 3 is 2.28 bits per heavy atom. The second-order valence-corrected chi connectivity index (χ2v) is 9.61. The SMILES string of the molecule is CN(CC(=O)O)C(=O)CNC(=O)COc1ccc(C2N(c3ccc(C(=O)O)cc3)C(=O)C23CCNCC3)cc1. The number of β-lactam (4-membered cyclic amide) rings is 1. The number of aromatic carboxylic acids is 1. The largest absolute Gasteiger partial charge is 0.484 e. The van der Waals surface area contributed by atoms with Crippen LogP contribution in [0.2, 0.25) is 0 Å². The van der Waals surface area contributed by atoms with Crippen LogP contribution < -0.4 is 20.3 Å². The Morgan fingerprint density at radius 2 is 1.69 bits per heavy atom. The molecule has 12 nitrogen and oxygen atoms in total. The maximum absolute atomic E-state index is 13.4. The highest BCUT2D eigenvalue weighted by Crippen LogP contribution is 2.56. The number of aliphatic carboxylic acids is 1. The van der Waals surface area contributed by atoms with E-state index < -0.39 is 35.7 Å². The molecule has 206 valence electrons. The average Bonchev–Trinajstić information content (AvgIpc) is 2.93. The van der Waals surface area contributed by atoms with E-state index >= 15 is 0 Å². The van der Waals surface area contributed by atoms with Crippen molar-refractivity contribution in [3.8, 4) is 5.75 Å². The molecule has 3 amide bonds. The van der Waals surface area contributed by atoms with Crippen LogP contribution in [0, 0.1) is 5.41 Å². The van der Waals surface area contributed by atoms with E-state index in [1.807, 2.05) is 12.1 Å². The quantitative estimate of drug-likeness (QED) is 0.321. The highest BCUT2D eigenvalue weighted by Gasteiger charge is 2.61. The summed E-state index contributed by atoms with van der Waals surface area (Å²) in [6.07, 6.45) is 1.36. The molecule has 2 saturated heterocycles. The van der Waals surface area contributed by atoms with Gasteiger partial charge in [-0.3, -0.25) is 19.2 Å². The summed E-state index contributed by atoms with van der Waals surface area (Å²) in [4.78, 5) is 62.0. The van der Waals surface area contributed by atoms with Gasteiger partial charge < -0.3 is 35.4 Å². The number of nitrogens with zero attached hydrogens (tertiary/aromatic N) is 2. The molecule has 1 atom stereocenters. The van der Waals surface area contributed by atoms with Gasteiger partial charge in [0, 0.05) is 12.7 Å². The molecular weight excluding hydrogens is 508 g/mol. The second-order valence-electron chi connectivity index (χ2n) is 9.61. The maximum atomic E-state index is 13.4. The van der Waals surface area contributed by atoms with E-state index in [2.05, 4.69) is 10.6 Å². The van der Waals surface area contributed by atoms with Gasteiger partial charge in [-0.1, -0.05) is 12.1 Å². The highest BCUT2D eigenvalue weighted by molar-refractivity contribution is 6.06. The third-order valence-corrected chi connectivity index (χ3v) is 7.12. The molecule has 0 aromatic heterocycles. The lowest BCUT2D eigenvalue weighted by molar-refractivity contribution is -0.143. The lowest BCUT2D eigenvalue weighted by atomic mass is 9.62. The zero-order chi connectivity index (χ0) is 28.2. The monoisotopic (exact) mass is 538 g/mol. The summed E-state index contributed by atoms with van der Waals surface area (Å²) in [5.41, 5.74) is 1.10. The number of hydrogen-bond acceptors (Lipinski definition) is 7. The molecule has 0 bridgehead atoms. The molecule has 1 spiro atoms. The Labute approximate surface area is 224 Å². The number of nitrogens with one attached hydrogen (secondary N) is 2. The molecule has 2 aromatic carbocycles. The number of rotatable bonds is 10. The van der Waals surface area contributed by atoms with Crippen molar-refractivity contribution in [2.75, 3.05) is 44.7 Å². The van der Waals surface area contributed by atoms with Crippen LogP contribution >= 0.6 is 0 Å². The van der Waals surface area contributed by atoms with E-state index in [1.165, 1.54) is 19.2 Å². The van der Waals surface area contributed by atoms with E-state index in [0.29, 0.717) is 24.3 Å². The fraction of sp³-hybridized carbons (Fsp3) is 0.370. The van der Waals surface area contributed by atoms with Crippen molar-refractivity contribution in [2.24, 2.45) is 5.41 Å². The normalized spacial score (nSPS) is 17.7. The first-order valence-corrected chi connectivity index (χ1v) is 12.5. The minimum absolute atomic E-state index is 0.0117. The van der Waals surface area contributed by atoms with Gasteiger partial charge in [0.25, 0.3) is 5.91 Å². The van der Waals surface area contributed by atoms with Crippen LogP contribution in [-0.2, 0) is 19.2 Å². The van der Waals surface area contributed by atoms with Gasteiger partial charge >= 0.3 is 11.9 Å². The van der Waals surface area contributed by atoms with Crippen LogP contribution in [0.5, 0.6) is 5.75 Å². The first-order valence-electron chi connectivity index (χ1n) is 12.5. The molecule has 2 aromatic rings. The number of likely N-dealkylation sites (N-methyl/N-ethyl adjacent to an activating group) is 1. The number of carbonyl (C=O) groups is 5.